The summed E-state index contributed by atoms with van der Waals surface area (Å²) in [4.78, 5) is 25.7. The summed E-state index contributed by atoms with van der Waals surface area (Å²) in [6.45, 7) is 8.92. The van der Waals surface area contributed by atoms with Crippen LogP contribution in [0.4, 0.5) is 9.59 Å². The van der Waals surface area contributed by atoms with E-state index in [-0.39, 0.29) is 10.8 Å². The summed E-state index contributed by atoms with van der Waals surface area (Å²) in [7, 11) is 0. The van der Waals surface area contributed by atoms with Gasteiger partial charge < -0.3 is 20.3 Å². The molecule has 0 aliphatic carbocycles. The lowest BCUT2D eigenvalue weighted by molar-refractivity contribution is 0.190. The Morgan fingerprint density at radius 1 is 1.21 bits per heavy atom. The van der Waals surface area contributed by atoms with Gasteiger partial charge in [0.15, 0.2) is 0 Å². The summed E-state index contributed by atoms with van der Waals surface area (Å²) in [6.07, 6.45) is -0.474. The third-order valence-corrected chi connectivity index (χ3v) is 4.33. The summed E-state index contributed by atoms with van der Waals surface area (Å²) < 4.78 is 5.23. The van der Waals surface area contributed by atoms with E-state index in [1.54, 1.807) is 12.1 Å². The first kappa shape index (κ1) is 18.6. The van der Waals surface area contributed by atoms with Crippen molar-refractivity contribution in [2.75, 3.05) is 26.2 Å². The topological polar surface area (TPSA) is 70.7 Å². The molecule has 0 aromatic heterocycles. The molecule has 2 N–H and O–H groups in total. The molecule has 1 aromatic carbocycles. The SMILES string of the molecule is CC(C)(C)NC(=O)Oc1ccc(CSC(=O)N2CCNCC2)cc1. The van der Waals surface area contributed by atoms with Crippen molar-refractivity contribution in [2.24, 2.45) is 0 Å². The Kier molecular flexibility index (Phi) is 6.51. The summed E-state index contributed by atoms with van der Waals surface area (Å²) in [5.74, 6) is 1.09. The van der Waals surface area contributed by atoms with Gasteiger partial charge in [-0.15, -0.1) is 0 Å². The molecule has 24 heavy (non-hydrogen) atoms. The Morgan fingerprint density at radius 3 is 2.42 bits per heavy atom. The number of nitrogens with one attached hydrogen (secondary N) is 2. The molecule has 0 saturated carbocycles. The Balaban J connectivity index is 1.79. The Labute approximate surface area is 147 Å². The zero-order valence-electron chi connectivity index (χ0n) is 14.4. The van der Waals surface area contributed by atoms with Crippen LogP contribution < -0.4 is 15.4 Å². The summed E-state index contributed by atoms with van der Waals surface area (Å²) in [5.41, 5.74) is 0.685. The molecule has 0 bridgehead atoms. The van der Waals surface area contributed by atoms with E-state index in [1.165, 1.54) is 11.8 Å². The van der Waals surface area contributed by atoms with Crippen LogP contribution in [0.1, 0.15) is 26.3 Å². The first-order chi connectivity index (χ1) is 11.3. The number of thioether (sulfide) groups is 1. The van der Waals surface area contributed by atoms with Crippen LogP contribution >= 0.6 is 11.8 Å². The molecule has 7 heteroatoms. The van der Waals surface area contributed by atoms with Crippen LogP contribution in [0.25, 0.3) is 0 Å². The first-order valence-corrected chi connectivity index (χ1v) is 9.03. The summed E-state index contributed by atoms with van der Waals surface area (Å²) in [6, 6.07) is 7.23. The van der Waals surface area contributed by atoms with Gasteiger partial charge in [-0.2, -0.15) is 0 Å². The fourth-order valence-electron chi connectivity index (χ4n) is 2.18. The Hall–Kier alpha value is -1.73. The molecule has 6 nitrogen and oxygen atoms in total. The molecule has 132 valence electrons. The molecule has 1 heterocycles. The van der Waals surface area contributed by atoms with Gasteiger partial charge in [0.05, 0.1) is 0 Å². The lowest BCUT2D eigenvalue weighted by Crippen LogP contribution is -2.45. The van der Waals surface area contributed by atoms with Crippen LogP contribution in [-0.2, 0) is 5.75 Å². The molecule has 0 unspecified atom stereocenters. The number of hydrogen-bond donors (Lipinski definition) is 2. The van der Waals surface area contributed by atoms with Crippen molar-refractivity contribution in [1.82, 2.24) is 15.5 Å². The minimum atomic E-state index is -0.474. The number of rotatable bonds is 3. The number of nitrogens with zero attached hydrogens (tertiary/aromatic N) is 1. The number of carbonyl (C=O) groups is 2. The van der Waals surface area contributed by atoms with E-state index in [0.29, 0.717) is 11.5 Å². The van der Waals surface area contributed by atoms with Crippen LogP contribution in [-0.4, -0.2) is 48.0 Å². The van der Waals surface area contributed by atoms with Crippen molar-refractivity contribution < 1.29 is 14.3 Å². The third-order valence-electron chi connectivity index (χ3n) is 3.35. The van der Waals surface area contributed by atoms with Gasteiger partial charge in [-0.3, -0.25) is 4.79 Å². The predicted octanol–water partition coefficient (Wildman–Crippen LogP) is 2.83. The molecule has 0 radical (unpaired) electrons. The predicted molar refractivity (Wildman–Crippen MR) is 96.5 cm³/mol. The van der Waals surface area contributed by atoms with Crippen LogP contribution in [0.3, 0.4) is 0 Å². The van der Waals surface area contributed by atoms with Crippen molar-refractivity contribution in [1.29, 1.82) is 0 Å². The third kappa shape index (κ3) is 6.41. The number of benzene rings is 1. The summed E-state index contributed by atoms with van der Waals surface area (Å²) >= 11 is 1.30. The monoisotopic (exact) mass is 351 g/mol. The van der Waals surface area contributed by atoms with E-state index in [2.05, 4.69) is 10.6 Å². The molecule has 1 aliphatic rings. The van der Waals surface area contributed by atoms with Gasteiger partial charge in [-0.05, 0) is 38.5 Å². The van der Waals surface area contributed by atoms with Crippen molar-refractivity contribution in [2.45, 2.75) is 32.1 Å². The smallest absolute Gasteiger partial charge is 0.410 e. The second-order valence-electron chi connectivity index (χ2n) is 6.70. The average Bonchev–Trinajstić information content (AvgIpc) is 2.53. The minimum absolute atomic E-state index is 0.112. The highest BCUT2D eigenvalue weighted by molar-refractivity contribution is 8.12. The molecule has 2 rings (SSSR count). The number of hydrogen-bond acceptors (Lipinski definition) is 5. The van der Waals surface area contributed by atoms with Gasteiger partial charge in [-0.25, -0.2) is 4.79 Å². The maximum absolute atomic E-state index is 12.1. The highest BCUT2D eigenvalue weighted by Crippen LogP contribution is 2.19. The molecule has 1 aromatic rings. The quantitative estimate of drug-likeness (QED) is 0.876. The number of amides is 2. The van der Waals surface area contributed by atoms with E-state index in [4.69, 9.17) is 4.74 Å². The zero-order chi connectivity index (χ0) is 17.6. The van der Waals surface area contributed by atoms with E-state index >= 15 is 0 Å². The highest BCUT2D eigenvalue weighted by atomic mass is 32.2. The minimum Gasteiger partial charge on any atom is -0.410 e. The second-order valence-corrected chi connectivity index (χ2v) is 7.63. The summed E-state index contributed by atoms with van der Waals surface area (Å²) in [5, 5.41) is 6.08. The van der Waals surface area contributed by atoms with Gasteiger partial charge in [0.25, 0.3) is 5.24 Å². The van der Waals surface area contributed by atoms with Crippen molar-refractivity contribution >= 4 is 23.1 Å². The van der Waals surface area contributed by atoms with Gasteiger partial charge in [0.1, 0.15) is 5.75 Å². The molecule has 1 fully saturated rings. The number of ether oxygens (including phenoxy) is 1. The van der Waals surface area contributed by atoms with E-state index in [9.17, 15) is 9.59 Å². The van der Waals surface area contributed by atoms with E-state index < -0.39 is 6.09 Å². The maximum atomic E-state index is 12.1. The normalized spacial score (nSPS) is 15.0. The zero-order valence-corrected chi connectivity index (χ0v) is 15.2. The van der Waals surface area contributed by atoms with Crippen LogP contribution in [0.15, 0.2) is 24.3 Å². The number of piperazine rings is 1. The molecule has 1 aliphatic heterocycles. The van der Waals surface area contributed by atoms with Gasteiger partial charge in [0.2, 0.25) is 0 Å². The van der Waals surface area contributed by atoms with Gasteiger partial charge in [-0.1, -0.05) is 23.9 Å². The fourth-order valence-corrected chi connectivity index (χ4v) is 3.02. The first-order valence-electron chi connectivity index (χ1n) is 8.05. The lowest BCUT2D eigenvalue weighted by Gasteiger charge is -2.26. The van der Waals surface area contributed by atoms with Crippen molar-refractivity contribution in [3.63, 3.8) is 0 Å². The number of carbonyl (C=O) groups excluding carboxylic acids is 2. The molecule has 1 saturated heterocycles. The molecule has 2 amide bonds. The molecular weight excluding hydrogens is 326 g/mol. The fraction of sp³-hybridized carbons (Fsp3) is 0.529. The van der Waals surface area contributed by atoms with E-state index in [0.717, 1.165) is 31.7 Å². The van der Waals surface area contributed by atoms with Gasteiger partial charge in [0, 0.05) is 37.5 Å². The maximum Gasteiger partial charge on any atom is 0.413 e. The van der Waals surface area contributed by atoms with Crippen LogP contribution in [0, 0.1) is 0 Å². The largest absolute Gasteiger partial charge is 0.413 e. The Bertz CT molecular complexity index is 563. The lowest BCUT2D eigenvalue weighted by atomic mass is 10.1. The van der Waals surface area contributed by atoms with Crippen molar-refractivity contribution in [3.8, 4) is 5.75 Å². The Morgan fingerprint density at radius 2 is 1.83 bits per heavy atom. The molecule has 0 atom stereocenters. The van der Waals surface area contributed by atoms with Crippen molar-refractivity contribution in [3.05, 3.63) is 29.8 Å². The molecular formula is C17H25N3O3S. The standard InChI is InChI=1S/C17H25N3O3S/c1-17(2,3)19-15(21)23-14-6-4-13(5-7-14)12-24-16(22)20-10-8-18-9-11-20/h4-7,18H,8-12H2,1-3H3,(H,19,21). The average molecular weight is 351 g/mol. The van der Waals surface area contributed by atoms with E-state index in [1.807, 2.05) is 37.8 Å². The molecule has 0 spiro atoms. The van der Waals surface area contributed by atoms with Crippen LogP contribution in [0.2, 0.25) is 0 Å². The van der Waals surface area contributed by atoms with Gasteiger partial charge >= 0.3 is 6.09 Å². The second kappa shape index (κ2) is 8.39. The van der Waals surface area contributed by atoms with Crippen LogP contribution in [0.5, 0.6) is 5.75 Å². The highest BCUT2D eigenvalue weighted by Gasteiger charge is 2.17.